The molecule has 128 valence electrons. The van der Waals surface area contributed by atoms with Crippen molar-refractivity contribution < 1.29 is 4.79 Å². The third-order valence-corrected chi connectivity index (χ3v) is 4.65. The van der Waals surface area contributed by atoms with E-state index in [1.54, 1.807) is 0 Å². The van der Waals surface area contributed by atoms with Crippen molar-refractivity contribution in [2.45, 2.75) is 32.7 Å². The first kappa shape index (κ1) is 16.8. The highest BCUT2D eigenvalue weighted by atomic mass is 35.5. The van der Waals surface area contributed by atoms with Crippen molar-refractivity contribution in [3.8, 4) is 0 Å². The molecule has 1 aliphatic heterocycles. The number of carbonyl (C=O) groups excluding carboxylic acids is 1. The predicted octanol–water partition coefficient (Wildman–Crippen LogP) is 2.44. The molecule has 1 atom stereocenters. The van der Waals surface area contributed by atoms with Crippen LogP contribution in [0.2, 0.25) is 5.28 Å². The number of hydrogen-bond donors (Lipinski definition) is 1. The molecule has 1 aromatic carbocycles. The Hall–Kier alpha value is -2.08. The van der Waals surface area contributed by atoms with Crippen molar-refractivity contribution in [1.82, 2.24) is 20.1 Å². The highest BCUT2D eigenvalue weighted by Crippen LogP contribution is 2.23. The number of nitrogens with zero attached hydrogens (tertiary/aromatic N) is 4. The Bertz CT molecular complexity index is 717. The van der Waals surface area contributed by atoms with E-state index in [0.29, 0.717) is 18.7 Å². The molecule has 1 unspecified atom stereocenters. The SMILES string of the molecule is Cc1ccccc1N1CCN(C(=O)CCc2nc(Cl)n[nH]2)C(C)C1. The molecule has 1 fully saturated rings. The lowest BCUT2D eigenvalue weighted by Crippen LogP contribution is -2.54. The molecule has 0 aliphatic carbocycles. The summed E-state index contributed by atoms with van der Waals surface area (Å²) in [5.74, 6) is 0.805. The number of aromatic amines is 1. The van der Waals surface area contributed by atoms with Crippen LogP contribution in [0.5, 0.6) is 0 Å². The zero-order valence-electron chi connectivity index (χ0n) is 14.0. The Morgan fingerprint density at radius 1 is 1.38 bits per heavy atom. The molecule has 6 nitrogen and oxygen atoms in total. The molecule has 0 radical (unpaired) electrons. The summed E-state index contributed by atoms with van der Waals surface area (Å²) in [5.41, 5.74) is 2.53. The summed E-state index contributed by atoms with van der Waals surface area (Å²) in [6.07, 6.45) is 0.948. The van der Waals surface area contributed by atoms with E-state index in [1.165, 1.54) is 11.3 Å². The van der Waals surface area contributed by atoms with Crippen molar-refractivity contribution in [3.05, 3.63) is 40.9 Å². The van der Waals surface area contributed by atoms with Gasteiger partial charge in [-0.15, -0.1) is 5.10 Å². The number of halogens is 1. The molecular weight excluding hydrogens is 326 g/mol. The van der Waals surface area contributed by atoms with Gasteiger partial charge in [-0.05, 0) is 37.1 Å². The molecule has 0 bridgehead atoms. The molecule has 1 aliphatic rings. The maximum atomic E-state index is 12.5. The largest absolute Gasteiger partial charge is 0.367 e. The van der Waals surface area contributed by atoms with E-state index >= 15 is 0 Å². The van der Waals surface area contributed by atoms with Gasteiger partial charge in [-0.1, -0.05) is 18.2 Å². The summed E-state index contributed by atoms with van der Waals surface area (Å²) < 4.78 is 0. The summed E-state index contributed by atoms with van der Waals surface area (Å²) in [5, 5.41) is 6.70. The lowest BCUT2D eigenvalue weighted by atomic mass is 10.1. The number of anilines is 1. The van der Waals surface area contributed by atoms with Crippen LogP contribution < -0.4 is 4.90 Å². The molecule has 7 heteroatoms. The number of rotatable bonds is 4. The van der Waals surface area contributed by atoms with Gasteiger partial charge in [0.15, 0.2) is 0 Å². The number of para-hydroxylation sites is 1. The molecule has 1 saturated heterocycles. The van der Waals surface area contributed by atoms with Crippen molar-refractivity contribution >= 4 is 23.2 Å². The Balaban J connectivity index is 1.57. The second kappa shape index (κ2) is 7.21. The first-order valence-electron chi connectivity index (χ1n) is 8.21. The molecule has 3 rings (SSSR count). The Labute approximate surface area is 146 Å². The first-order valence-corrected chi connectivity index (χ1v) is 8.59. The molecule has 24 heavy (non-hydrogen) atoms. The van der Waals surface area contributed by atoms with E-state index in [-0.39, 0.29) is 17.2 Å². The van der Waals surface area contributed by atoms with E-state index < -0.39 is 0 Å². The van der Waals surface area contributed by atoms with Crippen molar-refractivity contribution in [2.75, 3.05) is 24.5 Å². The number of benzene rings is 1. The summed E-state index contributed by atoms with van der Waals surface area (Å²) in [4.78, 5) is 20.9. The monoisotopic (exact) mass is 347 g/mol. The fourth-order valence-electron chi connectivity index (χ4n) is 3.22. The standard InChI is InChI=1S/C17H22ClN5O/c1-12-5-3-4-6-14(12)22-9-10-23(13(2)11-22)16(24)8-7-15-19-17(18)21-20-15/h3-6,13H,7-11H2,1-2H3,(H,19,20,21). The fraction of sp³-hybridized carbons (Fsp3) is 0.471. The van der Waals surface area contributed by atoms with Crippen LogP contribution in [0.1, 0.15) is 24.7 Å². The zero-order chi connectivity index (χ0) is 17.1. The summed E-state index contributed by atoms with van der Waals surface area (Å²) in [6, 6.07) is 8.57. The highest BCUT2D eigenvalue weighted by Gasteiger charge is 2.27. The third kappa shape index (κ3) is 3.70. The van der Waals surface area contributed by atoms with Crippen molar-refractivity contribution in [2.24, 2.45) is 0 Å². The van der Waals surface area contributed by atoms with Crippen LogP contribution in [0.25, 0.3) is 0 Å². The molecule has 0 saturated carbocycles. The minimum atomic E-state index is 0.152. The number of nitrogens with one attached hydrogen (secondary N) is 1. The Morgan fingerprint density at radius 2 is 2.17 bits per heavy atom. The average molecular weight is 348 g/mol. The van der Waals surface area contributed by atoms with Gasteiger partial charge in [0, 0.05) is 44.2 Å². The average Bonchev–Trinajstić information content (AvgIpc) is 2.98. The van der Waals surface area contributed by atoms with Crippen LogP contribution in [0.4, 0.5) is 5.69 Å². The van der Waals surface area contributed by atoms with E-state index in [1.807, 2.05) is 4.90 Å². The first-order chi connectivity index (χ1) is 11.5. The number of aromatic nitrogens is 3. The topological polar surface area (TPSA) is 65.1 Å². The van der Waals surface area contributed by atoms with Crippen LogP contribution in [-0.4, -0.2) is 51.7 Å². The molecular formula is C17H22ClN5O. The van der Waals surface area contributed by atoms with E-state index in [9.17, 15) is 4.79 Å². The summed E-state index contributed by atoms with van der Waals surface area (Å²) in [7, 11) is 0. The lowest BCUT2D eigenvalue weighted by Gasteiger charge is -2.41. The van der Waals surface area contributed by atoms with E-state index in [4.69, 9.17) is 11.6 Å². The van der Waals surface area contributed by atoms with Gasteiger partial charge in [0.25, 0.3) is 0 Å². The summed E-state index contributed by atoms with van der Waals surface area (Å²) >= 11 is 5.68. The molecule has 0 spiro atoms. The maximum absolute atomic E-state index is 12.5. The Kier molecular flexibility index (Phi) is 5.04. The smallest absolute Gasteiger partial charge is 0.242 e. The number of hydrogen-bond acceptors (Lipinski definition) is 4. The second-order valence-corrected chi connectivity index (χ2v) is 6.56. The van der Waals surface area contributed by atoms with Gasteiger partial charge in [-0.2, -0.15) is 0 Å². The molecule has 1 N–H and O–H groups in total. The third-order valence-electron chi connectivity index (χ3n) is 4.48. The Morgan fingerprint density at radius 3 is 2.83 bits per heavy atom. The van der Waals surface area contributed by atoms with Gasteiger partial charge in [0.2, 0.25) is 11.2 Å². The van der Waals surface area contributed by atoms with E-state index in [2.05, 4.69) is 58.2 Å². The van der Waals surface area contributed by atoms with Crippen LogP contribution in [-0.2, 0) is 11.2 Å². The molecule has 2 heterocycles. The maximum Gasteiger partial charge on any atom is 0.242 e. The van der Waals surface area contributed by atoms with Gasteiger partial charge in [-0.25, -0.2) is 4.98 Å². The van der Waals surface area contributed by atoms with Gasteiger partial charge in [0.05, 0.1) is 0 Å². The van der Waals surface area contributed by atoms with Gasteiger partial charge in [0.1, 0.15) is 5.82 Å². The lowest BCUT2D eigenvalue weighted by molar-refractivity contribution is -0.133. The summed E-state index contributed by atoms with van der Waals surface area (Å²) in [6.45, 7) is 6.68. The molecule has 2 aromatic rings. The van der Waals surface area contributed by atoms with Crippen molar-refractivity contribution in [1.29, 1.82) is 0 Å². The minimum absolute atomic E-state index is 0.152. The quantitative estimate of drug-likeness (QED) is 0.922. The van der Waals surface area contributed by atoms with Gasteiger partial charge in [-0.3, -0.25) is 9.89 Å². The fourth-order valence-corrected chi connectivity index (χ4v) is 3.36. The van der Waals surface area contributed by atoms with Crippen LogP contribution >= 0.6 is 11.6 Å². The van der Waals surface area contributed by atoms with Gasteiger partial charge >= 0.3 is 0 Å². The predicted molar refractivity (Wildman–Crippen MR) is 94.3 cm³/mol. The van der Waals surface area contributed by atoms with Gasteiger partial charge < -0.3 is 9.80 Å². The number of piperazine rings is 1. The van der Waals surface area contributed by atoms with E-state index in [0.717, 1.165) is 19.6 Å². The van der Waals surface area contributed by atoms with Crippen LogP contribution in [0, 0.1) is 6.92 Å². The minimum Gasteiger partial charge on any atom is -0.367 e. The number of aryl methyl sites for hydroxylation is 2. The normalized spacial score (nSPS) is 18.0. The van der Waals surface area contributed by atoms with Crippen molar-refractivity contribution in [3.63, 3.8) is 0 Å². The number of H-pyrrole nitrogens is 1. The molecule has 1 aromatic heterocycles. The molecule has 1 amide bonds. The van der Waals surface area contributed by atoms with Crippen LogP contribution in [0.3, 0.4) is 0 Å². The number of amides is 1. The van der Waals surface area contributed by atoms with Crippen LogP contribution in [0.15, 0.2) is 24.3 Å². The second-order valence-electron chi connectivity index (χ2n) is 6.22. The highest BCUT2D eigenvalue weighted by molar-refractivity contribution is 6.28. The zero-order valence-corrected chi connectivity index (χ0v) is 14.8. The number of carbonyl (C=O) groups is 1.